The largest absolute Gasteiger partial charge is 0.481 e. The standard InChI is InChI=1S/C20H31NO6/c1-5-16(24)26-17(13(3)4)27-18(25)21-12-20(10-15(22)23)11-19(6-2)9-7-8-14(19)20/h7-8,13-14,17H,5-6,9-12H2,1-4H3,(H,21,25)(H,22,23)/t14-,17-,19+,20-/m1/s1. The van der Waals surface area contributed by atoms with Crippen LogP contribution in [0.5, 0.6) is 0 Å². The van der Waals surface area contributed by atoms with Crippen LogP contribution in [-0.2, 0) is 19.1 Å². The Kier molecular flexibility index (Phi) is 6.54. The van der Waals surface area contributed by atoms with Gasteiger partial charge in [-0.3, -0.25) is 9.59 Å². The van der Waals surface area contributed by atoms with Crippen LogP contribution in [0.3, 0.4) is 0 Å². The maximum absolute atomic E-state index is 12.3. The van der Waals surface area contributed by atoms with Crippen LogP contribution in [0.2, 0.25) is 0 Å². The van der Waals surface area contributed by atoms with E-state index in [1.54, 1.807) is 20.8 Å². The second-order valence-corrected chi connectivity index (χ2v) is 8.15. The zero-order chi connectivity index (χ0) is 20.2. The van der Waals surface area contributed by atoms with E-state index < -0.39 is 29.7 Å². The first-order valence-corrected chi connectivity index (χ1v) is 9.70. The number of nitrogens with one attached hydrogen (secondary N) is 1. The van der Waals surface area contributed by atoms with Gasteiger partial charge in [0.2, 0.25) is 0 Å². The molecule has 1 fully saturated rings. The van der Waals surface area contributed by atoms with Gasteiger partial charge in [-0.15, -0.1) is 0 Å². The van der Waals surface area contributed by atoms with Crippen molar-refractivity contribution < 1.29 is 29.0 Å². The molecule has 4 atom stereocenters. The van der Waals surface area contributed by atoms with Gasteiger partial charge < -0.3 is 19.9 Å². The van der Waals surface area contributed by atoms with Gasteiger partial charge in [0.05, 0.1) is 6.42 Å². The number of fused-ring (bicyclic) bond motifs is 1. The molecule has 0 unspecified atom stereocenters. The Morgan fingerprint density at radius 2 is 1.96 bits per heavy atom. The summed E-state index contributed by atoms with van der Waals surface area (Å²) in [5.74, 6) is -1.35. The first-order chi connectivity index (χ1) is 12.7. The summed E-state index contributed by atoms with van der Waals surface area (Å²) in [4.78, 5) is 35.2. The molecule has 7 heteroatoms. The third-order valence-corrected chi connectivity index (χ3v) is 5.97. The number of hydrogen-bond acceptors (Lipinski definition) is 5. The molecule has 2 rings (SSSR count). The number of ether oxygens (including phenoxy) is 2. The highest BCUT2D eigenvalue weighted by atomic mass is 16.7. The van der Waals surface area contributed by atoms with Crippen LogP contribution >= 0.6 is 0 Å². The number of alkyl carbamates (subject to hydrolysis) is 1. The Labute approximate surface area is 160 Å². The van der Waals surface area contributed by atoms with Crippen molar-refractivity contribution in [3.63, 3.8) is 0 Å². The lowest BCUT2D eigenvalue weighted by Gasteiger charge is -2.60. The summed E-state index contributed by atoms with van der Waals surface area (Å²) in [5.41, 5.74) is -0.376. The fourth-order valence-corrected chi connectivity index (χ4v) is 4.59. The van der Waals surface area contributed by atoms with Crippen molar-refractivity contribution in [3.8, 4) is 0 Å². The fraction of sp³-hybridized carbons (Fsp3) is 0.750. The van der Waals surface area contributed by atoms with Gasteiger partial charge in [0.15, 0.2) is 0 Å². The lowest BCUT2D eigenvalue weighted by Crippen LogP contribution is -2.59. The van der Waals surface area contributed by atoms with Crippen LogP contribution in [-0.4, -0.2) is 36.0 Å². The Morgan fingerprint density at radius 3 is 2.52 bits per heavy atom. The molecule has 0 spiro atoms. The molecule has 0 aliphatic heterocycles. The number of carboxylic acids is 1. The summed E-state index contributed by atoms with van der Waals surface area (Å²) in [6.45, 7) is 7.60. The van der Waals surface area contributed by atoms with Crippen molar-refractivity contribution in [2.45, 2.75) is 66.1 Å². The van der Waals surface area contributed by atoms with E-state index in [4.69, 9.17) is 9.47 Å². The Bertz CT molecular complexity index is 616. The molecule has 0 aromatic rings. The lowest BCUT2D eigenvalue weighted by atomic mass is 9.44. The van der Waals surface area contributed by atoms with Crippen molar-refractivity contribution in [3.05, 3.63) is 12.2 Å². The number of carbonyl (C=O) groups is 3. The smallest absolute Gasteiger partial charge is 0.410 e. The molecule has 0 aromatic heterocycles. The lowest BCUT2D eigenvalue weighted by molar-refractivity contribution is -0.175. The van der Waals surface area contributed by atoms with Gasteiger partial charge in [-0.2, -0.15) is 0 Å². The zero-order valence-corrected chi connectivity index (χ0v) is 16.6. The van der Waals surface area contributed by atoms with E-state index >= 15 is 0 Å². The van der Waals surface area contributed by atoms with Crippen molar-refractivity contribution >= 4 is 18.0 Å². The number of aliphatic carboxylic acids is 1. The topological polar surface area (TPSA) is 102 Å². The Morgan fingerprint density at radius 1 is 1.26 bits per heavy atom. The summed E-state index contributed by atoms with van der Waals surface area (Å²) in [5, 5.41) is 12.1. The summed E-state index contributed by atoms with van der Waals surface area (Å²) < 4.78 is 10.4. The molecule has 2 aliphatic carbocycles. The molecule has 152 valence electrons. The molecule has 1 saturated carbocycles. The van der Waals surface area contributed by atoms with Crippen molar-refractivity contribution in [2.75, 3.05) is 6.54 Å². The minimum atomic E-state index is -0.963. The molecule has 7 nitrogen and oxygen atoms in total. The van der Waals surface area contributed by atoms with Crippen LogP contribution in [0.25, 0.3) is 0 Å². The van der Waals surface area contributed by atoms with Crippen molar-refractivity contribution in [2.24, 2.45) is 22.7 Å². The number of esters is 1. The summed E-state index contributed by atoms with van der Waals surface area (Å²) in [6.07, 6.45) is 5.47. The van der Waals surface area contributed by atoms with E-state index in [2.05, 4.69) is 24.4 Å². The fourth-order valence-electron chi connectivity index (χ4n) is 4.59. The van der Waals surface area contributed by atoms with Crippen LogP contribution in [0.1, 0.15) is 59.8 Å². The SMILES string of the molecule is CCC(=O)O[C@H](OC(=O)NC[C@@]1(CC(=O)O)C[C@]2(CC)CC=C[C@H]21)C(C)C. The molecule has 0 aromatic carbocycles. The highest BCUT2D eigenvalue weighted by Gasteiger charge is 2.62. The van der Waals surface area contributed by atoms with Crippen molar-refractivity contribution in [1.29, 1.82) is 0 Å². The molecular formula is C20H31NO6. The van der Waals surface area contributed by atoms with Crippen LogP contribution in [0.4, 0.5) is 4.79 Å². The summed E-state index contributed by atoms with van der Waals surface area (Å²) in [6, 6.07) is 0. The molecule has 1 amide bonds. The third kappa shape index (κ3) is 4.45. The second kappa shape index (κ2) is 8.31. The van der Waals surface area contributed by atoms with Gasteiger partial charge in [0.1, 0.15) is 0 Å². The zero-order valence-electron chi connectivity index (χ0n) is 16.6. The van der Waals surface area contributed by atoms with Gasteiger partial charge in [-0.05, 0) is 30.6 Å². The molecule has 2 N–H and O–H groups in total. The number of allylic oxidation sites excluding steroid dienone is 2. The maximum Gasteiger partial charge on any atom is 0.410 e. The quantitative estimate of drug-likeness (QED) is 0.360. The first-order valence-electron chi connectivity index (χ1n) is 9.70. The first kappa shape index (κ1) is 21.3. The highest BCUT2D eigenvalue weighted by molar-refractivity contribution is 5.71. The monoisotopic (exact) mass is 381 g/mol. The predicted octanol–water partition coefficient (Wildman–Crippen LogP) is 3.49. The number of carboxylic acid groups (broad SMARTS) is 1. The van der Waals surface area contributed by atoms with Gasteiger partial charge in [0.25, 0.3) is 6.29 Å². The average Bonchev–Trinajstić information content (AvgIpc) is 2.95. The molecular weight excluding hydrogens is 350 g/mol. The molecule has 0 saturated heterocycles. The highest BCUT2D eigenvalue weighted by Crippen LogP contribution is 2.67. The number of amides is 1. The van der Waals surface area contributed by atoms with Crippen LogP contribution in [0, 0.1) is 22.7 Å². The molecule has 0 radical (unpaired) electrons. The predicted molar refractivity (Wildman–Crippen MR) is 98.8 cm³/mol. The average molecular weight is 381 g/mol. The summed E-state index contributed by atoms with van der Waals surface area (Å²) in [7, 11) is 0. The second-order valence-electron chi connectivity index (χ2n) is 8.15. The van der Waals surface area contributed by atoms with Crippen LogP contribution < -0.4 is 5.32 Å². The summed E-state index contributed by atoms with van der Waals surface area (Å²) >= 11 is 0. The van der Waals surface area contributed by atoms with Gasteiger partial charge in [0, 0.05) is 24.3 Å². The minimum absolute atomic E-state index is 0.00245. The third-order valence-electron chi connectivity index (χ3n) is 5.97. The number of rotatable bonds is 9. The van der Waals surface area contributed by atoms with Gasteiger partial charge in [-0.25, -0.2) is 4.79 Å². The van der Waals surface area contributed by atoms with Gasteiger partial charge >= 0.3 is 18.0 Å². The van der Waals surface area contributed by atoms with E-state index in [1.807, 2.05) is 0 Å². The van der Waals surface area contributed by atoms with Crippen LogP contribution in [0.15, 0.2) is 12.2 Å². The molecule has 2 aliphatic rings. The minimum Gasteiger partial charge on any atom is -0.481 e. The normalized spacial score (nSPS) is 29.6. The van der Waals surface area contributed by atoms with E-state index in [0.29, 0.717) is 0 Å². The molecule has 27 heavy (non-hydrogen) atoms. The molecule has 0 heterocycles. The number of carbonyl (C=O) groups excluding carboxylic acids is 2. The van der Waals surface area contributed by atoms with Crippen molar-refractivity contribution in [1.82, 2.24) is 5.32 Å². The number of hydrogen-bond donors (Lipinski definition) is 2. The van der Waals surface area contributed by atoms with E-state index in [-0.39, 0.29) is 36.6 Å². The van der Waals surface area contributed by atoms with E-state index in [9.17, 15) is 19.5 Å². The van der Waals surface area contributed by atoms with E-state index in [0.717, 1.165) is 19.3 Å². The maximum atomic E-state index is 12.3. The Hall–Kier alpha value is -2.05. The molecule has 0 bridgehead atoms. The van der Waals surface area contributed by atoms with E-state index in [1.165, 1.54) is 0 Å². The Balaban J connectivity index is 1.99. The van der Waals surface area contributed by atoms with Gasteiger partial charge in [-0.1, -0.05) is 39.8 Å².